The molecule has 1 N–H and O–H groups in total. The summed E-state index contributed by atoms with van der Waals surface area (Å²) in [6.07, 6.45) is 3.93. The highest BCUT2D eigenvalue weighted by Crippen LogP contribution is 2.46. The van der Waals surface area contributed by atoms with Crippen LogP contribution in [-0.2, 0) is 9.53 Å². The molecule has 1 fully saturated rings. The Morgan fingerprint density at radius 1 is 0.963 bits per heavy atom. The number of carbonyl (C=O) groups is 1. The SMILES string of the molecule is O=C1OC2(CCCCC2)C(O)=C1c1cc(-c2ccc(F)c(F)c2)ccc1Cl. The molecule has 0 radical (unpaired) electrons. The predicted molar refractivity (Wildman–Crippen MR) is 98.3 cm³/mol. The molecule has 1 heterocycles. The fourth-order valence-electron chi connectivity index (χ4n) is 3.87. The van der Waals surface area contributed by atoms with Crippen molar-refractivity contribution in [2.45, 2.75) is 37.7 Å². The molecule has 1 aliphatic carbocycles. The Kier molecular flexibility index (Phi) is 4.42. The topological polar surface area (TPSA) is 46.5 Å². The lowest BCUT2D eigenvalue weighted by atomic mass is 9.82. The van der Waals surface area contributed by atoms with Crippen LogP contribution in [0.15, 0.2) is 42.2 Å². The molecule has 2 aliphatic rings. The summed E-state index contributed by atoms with van der Waals surface area (Å²) in [5, 5.41) is 11.1. The Labute approximate surface area is 160 Å². The summed E-state index contributed by atoms with van der Waals surface area (Å²) in [5.41, 5.74) is 0.387. The molecule has 4 rings (SSSR count). The van der Waals surface area contributed by atoms with Gasteiger partial charge in [-0.05, 0) is 61.1 Å². The van der Waals surface area contributed by atoms with Gasteiger partial charge in [0, 0.05) is 10.6 Å². The maximum absolute atomic E-state index is 13.6. The summed E-state index contributed by atoms with van der Waals surface area (Å²) < 4.78 is 32.4. The van der Waals surface area contributed by atoms with Crippen molar-refractivity contribution in [1.29, 1.82) is 0 Å². The van der Waals surface area contributed by atoms with Gasteiger partial charge in [0.15, 0.2) is 23.0 Å². The van der Waals surface area contributed by atoms with Crippen LogP contribution in [0.3, 0.4) is 0 Å². The van der Waals surface area contributed by atoms with Gasteiger partial charge < -0.3 is 9.84 Å². The minimum Gasteiger partial charge on any atom is -0.507 e. The molecule has 1 saturated carbocycles. The van der Waals surface area contributed by atoms with E-state index in [1.807, 2.05) is 0 Å². The van der Waals surface area contributed by atoms with Crippen molar-refractivity contribution in [3.8, 4) is 11.1 Å². The molecule has 0 amide bonds. The molecule has 2 aromatic carbocycles. The number of carbonyl (C=O) groups excluding carboxylic acids is 1. The first kappa shape index (κ1) is 18.0. The zero-order valence-corrected chi connectivity index (χ0v) is 15.2. The molecule has 0 atom stereocenters. The zero-order valence-electron chi connectivity index (χ0n) is 14.4. The Bertz CT molecular complexity index is 962. The number of ether oxygens (including phenoxy) is 1. The van der Waals surface area contributed by atoms with Gasteiger partial charge in [-0.25, -0.2) is 13.6 Å². The summed E-state index contributed by atoms with van der Waals surface area (Å²) in [7, 11) is 0. The second-order valence-electron chi connectivity index (χ2n) is 6.99. The van der Waals surface area contributed by atoms with E-state index < -0.39 is 23.2 Å². The van der Waals surface area contributed by atoms with Gasteiger partial charge in [-0.1, -0.05) is 30.2 Å². The van der Waals surface area contributed by atoms with Gasteiger partial charge in [0.2, 0.25) is 0 Å². The number of aliphatic hydroxyl groups excluding tert-OH is 1. The highest BCUT2D eigenvalue weighted by atomic mass is 35.5. The van der Waals surface area contributed by atoms with E-state index in [2.05, 4.69) is 0 Å². The van der Waals surface area contributed by atoms with Crippen molar-refractivity contribution in [2.75, 3.05) is 0 Å². The molecule has 1 aliphatic heterocycles. The third-order valence-corrected chi connectivity index (χ3v) is 5.64. The molecule has 2 aromatic rings. The summed E-state index contributed by atoms with van der Waals surface area (Å²) in [6, 6.07) is 8.35. The second-order valence-corrected chi connectivity index (χ2v) is 7.40. The number of benzene rings is 2. The number of hydrogen-bond donors (Lipinski definition) is 1. The van der Waals surface area contributed by atoms with Gasteiger partial charge in [-0.15, -0.1) is 0 Å². The van der Waals surface area contributed by atoms with Gasteiger partial charge in [0.1, 0.15) is 5.57 Å². The minimum absolute atomic E-state index is 0.0475. The van der Waals surface area contributed by atoms with E-state index in [1.54, 1.807) is 18.2 Å². The van der Waals surface area contributed by atoms with E-state index in [0.29, 0.717) is 29.5 Å². The second kappa shape index (κ2) is 6.64. The van der Waals surface area contributed by atoms with Crippen LogP contribution >= 0.6 is 11.6 Å². The maximum Gasteiger partial charge on any atom is 0.343 e. The first-order valence-corrected chi connectivity index (χ1v) is 9.21. The molecule has 0 unspecified atom stereocenters. The highest BCUT2D eigenvalue weighted by Gasteiger charge is 2.49. The third-order valence-electron chi connectivity index (χ3n) is 5.31. The van der Waals surface area contributed by atoms with Crippen molar-refractivity contribution in [2.24, 2.45) is 0 Å². The molecule has 3 nitrogen and oxygen atoms in total. The van der Waals surface area contributed by atoms with Crippen molar-refractivity contribution in [1.82, 2.24) is 0 Å². The van der Waals surface area contributed by atoms with E-state index in [1.165, 1.54) is 6.07 Å². The van der Waals surface area contributed by atoms with Crippen LogP contribution < -0.4 is 0 Å². The van der Waals surface area contributed by atoms with Crippen LogP contribution in [0.2, 0.25) is 5.02 Å². The number of rotatable bonds is 2. The van der Waals surface area contributed by atoms with Gasteiger partial charge in [-0.2, -0.15) is 0 Å². The van der Waals surface area contributed by atoms with Crippen LogP contribution in [0.4, 0.5) is 8.78 Å². The molecule has 0 aromatic heterocycles. The van der Waals surface area contributed by atoms with E-state index in [-0.39, 0.29) is 16.4 Å². The number of esters is 1. The average Bonchev–Trinajstić information content (AvgIpc) is 2.88. The van der Waals surface area contributed by atoms with Gasteiger partial charge >= 0.3 is 5.97 Å². The van der Waals surface area contributed by atoms with Crippen molar-refractivity contribution in [3.63, 3.8) is 0 Å². The van der Waals surface area contributed by atoms with Crippen LogP contribution in [0, 0.1) is 11.6 Å². The first-order chi connectivity index (χ1) is 12.9. The molecule has 27 heavy (non-hydrogen) atoms. The zero-order chi connectivity index (χ0) is 19.2. The Hall–Kier alpha value is -2.40. The van der Waals surface area contributed by atoms with Crippen molar-refractivity contribution < 1.29 is 23.4 Å². The Morgan fingerprint density at radius 2 is 1.63 bits per heavy atom. The molecule has 0 saturated heterocycles. The first-order valence-electron chi connectivity index (χ1n) is 8.84. The van der Waals surface area contributed by atoms with E-state index in [4.69, 9.17) is 16.3 Å². The third kappa shape index (κ3) is 3.00. The predicted octanol–water partition coefficient (Wildman–Crippen LogP) is 5.81. The van der Waals surface area contributed by atoms with Crippen molar-refractivity contribution >= 4 is 23.1 Å². The smallest absolute Gasteiger partial charge is 0.343 e. The fraction of sp³-hybridized carbons (Fsp3) is 0.286. The lowest BCUT2D eigenvalue weighted by Gasteiger charge is -2.31. The Balaban J connectivity index is 1.81. The summed E-state index contributed by atoms with van der Waals surface area (Å²) in [4.78, 5) is 12.5. The number of halogens is 3. The van der Waals surface area contributed by atoms with E-state index >= 15 is 0 Å². The molecule has 140 valence electrons. The van der Waals surface area contributed by atoms with Crippen LogP contribution in [0.1, 0.15) is 37.7 Å². The molecular weight excluding hydrogens is 374 g/mol. The molecule has 0 bridgehead atoms. The maximum atomic E-state index is 13.6. The van der Waals surface area contributed by atoms with Crippen LogP contribution in [-0.4, -0.2) is 16.7 Å². The van der Waals surface area contributed by atoms with E-state index in [9.17, 15) is 18.7 Å². The fourth-order valence-corrected chi connectivity index (χ4v) is 4.08. The van der Waals surface area contributed by atoms with Gasteiger partial charge in [-0.3, -0.25) is 0 Å². The minimum atomic E-state index is -0.966. The lowest BCUT2D eigenvalue weighted by molar-refractivity contribution is -0.149. The largest absolute Gasteiger partial charge is 0.507 e. The van der Waals surface area contributed by atoms with Gasteiger partial charge in [0.05, 0.1) is 0 Å². The quantitative estimate of drug-likeness (QED) is 0.658. The highest BCUT2D eigenvalue weighted by molar-refractivity contribution is 6.35. The number of hydrogen-bond acceptors (Lipinski definition) is 3. The molecule has 1 spiro atoms. The normalized spacial score (nSPS) is 18.9. The van der Waals surface area contributed by atoms with Crippen molar-refractivity contribution in [3.05, 3.63) is 64.4 Å². The van der Waals surface area contributed by atoms with Crippen LogP contribution in [0.5, 0.6) is 0 Å². The van der Waals surface area contributed by atoms with E-state index in [0.717, 1.165) is 31.4 Å². The summed E-state index contributed by atoms with van der Waals surface area (Å²) in [5.74, 6) is -2.60. The average molecular weight is 391 g/mol. The number of aliphatic hydroxyl groups is 1. The lowest BCUT2D eigenvalue weighted by Crippen LogP contribution is -2.34. The summed E-state index contributed by atoms with van der Waals surface area (Å²) in [6.45, 7) is 0. The standard InChI is InChI=1S/C21H17ClF2O3/c22-15-6-4-12(13-5-7-16(23)17(24)11-13)10-14(15)18-19(25)21(27-20(18)26)8-2-1-3-9-21/h4-7,10-11,25H,1-3,8-9H2. The monoisotopic (exact) mass is 390 g/mol. The van der Waals surface area contributed by atoms with Gasteiger partial charge in [0.25, 0.3) is 0 Å². The molecular formula is C21H17ClF2O3. The molecule has 6 heteroatoms. The van der Waals surface area contributed by atoms with Crippen LogP contribution in [0.25, 0.3) is 16.7 Å². The summed E-state index contributed by atoms with van der Waals surface area (Å²) >= 11 is 6.29. The Morgan fingerprint density at radius 3 is 2.33 bits per heavy atom.